The third-order valence-corrected chi connectivity index (χ3v) is 9.01. The van der Waals surface area contributed by atoms with Crippen LogP contribution in [0.1, 0.15) is 60.0 Å². The van der Waals surface area contributed by atoms with E-state index in [0.717, 1.165) is 61.3 Å². The topological polar surface area (TPSA) is 60.9 Å². The zero-order valence-electron chi connectivity index (χ0n) is 22.6. The van der Waals surface area contributed by atoms with Crippen LogP contribution in [0.5, 0.6) is 17.2 Å². The van der Waals surface area contributed by atoms with Crippen LogP contribution >= 0.6 is 11.6 Å². The predicted octanol–water partition coefficient (Wildman–Crippen LogP) is 7.01. The SMILES string of the molecule is COc1cc(Cl)cc(N(CC23CCC(c4ccc(OC)c(OC)c4)(CC2)CC3)C(=O)c2ccncc2C)c1. The molecule has 0 spiro atoms. The molecule has 0 aliphatic heterocycles. The number of aromatic nitrogens is 1. The lowest BCUT2D eigenvalue weighted by Gasteiger charge is -2.55. The second-order valence-corrected chi connectivity index (χ2v) is 11.2. The number of fused-ring (bicyclic) bond motifs is 3. The van der Waals surface area contributed by atoms with Crippen LogP contribution < -0.4 is 19.1 Å². The fourth-order valence-corrected chi connectivity index (χ4v) is 6.62. The highest BCUT2D eigenvalue weighted by molar-refractivity contribution is 6.31. The molecule has 0 N–H and O–H groups in total. The first-order chi connectivity index (χ1) is 18.3. The molecule has 2 aromatic carbocycles. The van der Waals surface area contributed by atoms with E-state index in [9.17, 15) is 4.79 Å². The average molecular weight is 535 g/mol. The Labute approximate surface area is 229 Å². The Bertz CT molecular complexity index is 1320. The van der Waals surface area contributed by atoms with Crippen molar-refractivity contribution < 1.29 is 19.0 Å². The van der Waals surface area contributed by atoms with Gasteiger partial charge in [0, 0.05) is 41.3 Å². The fraction of sp³-hybridized carbons (Fsp3) is 0.419. The van der Waals surface area contributed by atoms with Crippen LogP contribution in [0.4, 0.5) is 5.69 Å². The summed E-state index contributed by atoms with van der Waals surface area (Å²) >= 11 is 6.46. The lowest BCUT2D eigenvalue weighted by molar-refractivity contribution is 0.0440. The van der Waals surface area contributed by atoms with E-state index < -0.39 is 0 Å². The average Bonchev–Trinajstić information content (AvgIpc) is 2.96. The van der Waals surface area contributed by atoms with Crippen molar-refractivity contribution in [1.82, 2.24) is 4.98 Å². The van der Waals surface area contributed by atoms with E-state index in [-0.39, 0.29) is 16.7 Å². The molecule has 1 aromatic heterocycles. The van der Waals surface area contributed by atoms with E-state index in [1.54, 1.807) is 45.9 Å². The van der Waals surface area contributed by atoms with E-state index in [1.807, 2.05) is 30.0 Å². The van der Waals surface area contributed by atoms with Gasteiger partial charge in [0.15, 0.2) is 11.5 Å². The highest BCUT2D eigenvalue weighted by Crippen LogP contribution is 2.58. The minimum atomic E-state index is -0.0362. The second-order valence-electron chi connectivity index (χ2n) is 10.8. The first-order valence-corrected chi connectivity index (χ1v) is 13.5. The second kappa shape index (κ2) is 10.5. The Kier molecular flexibility index (Phi) is 7.28. The summed E-state index contributed by atoms with van der Waals surface area (Å²) < 4.78 is 16.6. The standard InChI is InChI=1S/C31H35ClN2O4/c1-21-19-33-14-7-26(21)29(35)34(24-16-23(32)17-25(18-24)36-2)20-30-8-11-31(12-9-30,13-10-30)22-5-6-27(37-3)28(15-22)38-4/h5-7,14-19H,8-13,20H2,1-4H3. The first kappa shape index (κ1) is 26.4. The van der Waals surface area contributed by atoms with Crippen molar-refractivity contribution >= 4 is 23.2 Å². The highest BCUT2D eigenvalue weighted by Gasteiger charge is 2.50. The zero-order chi connectivity index (χ0) is 26.9. The summed E-state index contributed by atoms with van der Waals surface area (Å²) in [7, 11) is 4.97. The lowest BCUT2D eigenvalue weighted by Crippen LogP contribution is -2.50. The summed E-state index contributed by atoms with van der Waals surface area (Å²) in [6.07, 6.45) is 9.82. The van der Waals surface area contributed by atoms with Gasteiger partial charge in [-0.05, 0) is 97.7 Å². The maximum Gasteiger partial charge on any atom is 0.258 e. The van der Waals surface area contributed by atoms with Gasteiger partial charge in [0.05, 0.1) is 21.3 Å². The quantitative estimate of drug-likeness (QED) is 0.311. The number of carbonyl (C=O) groups is 1. The Morgan fingerprint density at radius 2 is 1.63 bits per heavy atom. The van der Waals surface area contributed by atoms with Crippen LogP contribution in [0.3, 0.4) is 0 Å². The Morgan fingerprint density at radius 3 is 2.26 bits per heavy atom. The van der Waals surface area contributed by atoms with Crippen LogP contribution in [0.2, 0.25) is 5.02 Å². The van der Waals surface area contributed by atoms with Crippen molar-refractivity contribution in [3.8, 4) is 17.2 Å². The van der Waals surface area contributed by atoms with E-state index in [4.69, 9.17) is 25.8 Å². The number of hydrogen-bond acceptors (Lipinski definition) is 5. The van der Waals surface area contributed by atoms with Crippen molar-refractivity contribution in [2.45, 2.75) is 50.9 Å². The molecule has 3 aliphatic carbocycles. The number of benzene rings is 2. The van der Waals surface area contributed by atoms with Crippen LogP contribution in [-0.4, -0.2) is 38.8 Å². The summed E-state index contributed by atoms with van der Waals surface area (Å²) in [5.41, 5.74) is 3.77. The number of amides is 1. The molecule has 3 aliphatic rings. The molecule has 3 saturated carbocycles. The lowest BCUT2D eigenvalue weighted by atomic mass is 9.51. The van der Waals surface area contributed by atoms with Gasteiger partial charge < -0.3 is 19.1 Å². The van der Waals surface area contributed by atoms with E-state index >= 15 is 0 Å². The molecule has 0 saturated heterocycles. The molecular weight excluding hydrogens is 500 g/mol. The predicted molar refractivity (Wildman–Crippen MR) is 150 cm³/mol. The largest absolute Gasteiger partial charge is 0.497 e. The molecule has 7 heteroatoms. The van der Waals surface area contributed by atoms with Crippen LogP contribution in [0.25, 0.3) is 0 Å². The normalized spacial score (nSPS) is 22.1. The molecule has 6 rings (SSSR count). The summed E-state index contributed by atoms with van der Waals surface area (Å²) in [6, 6.07) is 13.7. The Hall–Kier alpha value is -3.25. The van der Waals surface area contributed by atoms with Gasteiger partial charge in [0.2, 0.25) is 0 Å². The molecule has 0 atom stereocenters. The maximum atomic E-state index is 14.0. The number of halogens is 1. The third kappa shape index (κ3) is 4.82. The van der Waals surface area contributed by atoms with Crippen molar-refractivity contribution in [2.24, 2.45) is 5.41 Å². The Morgan fingerprint density at radius 1 is 0.921 bits per heavy atom. The van der Waals surface area contributed by atoms with Crippen LogP contribution in [0.15, 0.2) is 54.9 Å². The minimum absolute atomic E-state index is 0.0362. The van der Waals surface area contributed by atoms with Crippen molar-refractivity contribution in [2.75, 3.05) is 32.8 Å². The molecular formula is C31H35ClN2O4. The molecule has 6 nitrogen and oxygen atoms in total. The summed E-state index contributed by atoms with van der Waals surface area (Å²) in [6.45, 7) is 2.56. The zero-order valence-corrected chi connectivity index (χ0v) is 23.3. The van der Waals surface area contributed by atoms with Gasteiger partial charge >= 0.3 is 0 Å². The third-order valence-electron chi connectivity index (χ3n) is 8.79. The minimum Gasteiger partial charge on any atom is -0.497 e. The fourth-order valence-electron chi connectivity index (χ4n) is 6.40. The number of methoxy groups -OCH3 is 3. The highest BCUT2D eigenvalue weighted by atomic mass is 35.5. The Balaban J connectivity index is 1.44. The number of aryl methyl sites for hydroxylation is 1. The van der Waals surface area contributed by atoms with E-state index in [1.165, 1.54) is 5.56 Å². The monoisotopic (exact) mass is 534 g/mol. The summed E-state index contributed by atoms with van der Waals surface area (Å²) in [5, 5.41) is 0.542. The smallest absolute Gasteiger partial charge is 0.258 e. The molecule has 1 heterocycles. The van der Waals surface area contributed by atoms with E-state index in [2.05, 4.69) is 17.1 Å². The van der Waals surface area contributed by atoms with Crippen molar-refractivity contribution in [1.29, 1.82) is 0 Å². The number of nitrogens with zero attached hydrogens (tertiary/aromatic N) is 2. The molecule has 1 amide bonds. The maximum absolute atomic E-state index is 14.0. The number of hydrogen-bond donors (Lipinski definition) is 0. The molecule has 3 fully saturated rings. The summed E-state index contributed by atoms with van der Waals surface area (Å²) in [5.74, 6) is 2.13. The summed E-state index contributed by atoms with van der Waals surface area (Å²) in [4.78, 5) is 20.1. The van der Waals surface area contributed by atoms with Gasteiger partial charge in [0.25, 0.3) is 5.91 Å². The number of rotatable bonds is 8. The van der Waals surface area contributed by atoms with Gasteiger partial charge in [-0.1, -0.05) is 17.7 Å². The molecule has 0 unspecified atom stereocenters. The van der Waals surface area contributed by atoms with Gasteiger partial charge in [-0.25, -0.2) is 0 Å². The van der Waals surface area contributed by atoms with Gasteiger partial charge in [-0.3, -0.25) is 9.78 Å². The molecule has 38 heavy (non-hydrogen) atoms. The number of anilines is 1. The molecule has 200 valence electrons. The van der Waals surface area contributed by atoms with Gasteiger partial charge in [-0.2, -0.15) is 0 Å². The van der Waals surface area contributed by atoms with Crippen LogP contribution in [0, 0.1) is 12.3 Å². The first-order valence-electron chi connectivity index (χ1n) is 13.1. The number of pyridine rings is 1. The van der Waals surface area contributed by atoms with Crippen LogP contribution in [-0.2, 0) is 5.41 Å². The van der Waals surface area contributed by atoms with Crippen molar-refractivity contribution in [3.05, 3.63) is 76.6 Å². The molecule has 2 bridgehead atoms. The van der Waals surface area contributed by atoms with Crippen molar-refractivity contribution in [3.63, 3.8) is 0 Å². The molecule has 0 radical (unpaired) electrons. The number of ether oxygens (including phenoxy) is 3. The van der Waals surface area contributed by atoms with Gasteiger partial charge in [-0.15, -0.1) is 0 Å². The van der Waals surface area contributed by atoms with Gasteiger partial charge in [0.1, 0.15) is 5.75 Å². The number of carbonyl (C=O) groups excluding carboxylic acids is 1. The molecule has 3 aromatic rings. The van der Waals surface area contributed by atoms with E-state index in [0.29, 0.717) is 22.9 Å².